The van der Waals surface area contributed by atoms with Crippen LogP contribution in [-0.2, 0) is 4.79 Å². The van der Waals surface area contributed by atoms with E-state index in [9.17, 15) is 9.59 Å². The van der Waals surface area contributed by atoms with Gasteiger partial charge in [0.15, 0.2) is 11.6 Å². The number of aryl methyl sites for hydroxylation is 1. The molecule has 0 aliphatic rings. The third-order valence-corrected chi connectivity index (χ3v) is 5.96. The van der Waals surface area contributed by atoms with Crippen molar-refractivity contribution in [2.24, 2.45) is 0 Å². The zero-order valence-corrected chi connectivity index (χ0v) is 22.7. The topological polar surface area (TPSA) is 61.8 Å². The minimum absolute atomic E-state index is 0.0349. The highest BCUT2D eigenvalue weighted by molar-refractivity contribution is 6.09. The lowest BCUT2D eigenvalue weighted by atomic mass is 10.0. The van der Waals surface area contributed by atoms with E-state index in [1.807, 2.05) is 55.5 Å². The Kier molecular flexibility index (Phi) is 9.11. The maximum atomic E-state index is 13.0. The van der Waals surface area contributed by atoms with E-state index < -0.39 is 0 Å². The first kappa shape index (κ1) is 27.9. The molecule has 5 nitrogen and oxygen atoms in total. The van der Waals surface area contributed by atoms with Crippen molar-refractivity contribution in [2.45, 2.75) is 20.8 Å². The average molecular weight is 531 g/mol. The van der Waals surface area contributed by atoms with Crippen LogP contribution >= 0.6 is 0 Å². The van der Waals surface area contributed by atoms with Gasteiger partial charge < -0.3 is 14.2 Å². The molecule has 0 aliphatic carbocycles. The molecule has 0 N–H and O–H groups in total. The maximum absolute atomic E-state index is 13.0. The average Bonchev–Trinajstić information content (AvgIpc) is 2.96. The van der Waals surface area contributed by atoms with Gasteiger partial charge in [-0.1, -0.05) is 30.4 Å². The Balaban J connectivity index is 1.32. The van der Waals surface area contributed by atoms with Crippen LogP contribution in [0.4, 0.5) is 0 Å². The molecule has 40 heavy (non-hydrogen) atoms. The van der Waals surface area contributed by atoms with Crippen LogP contribution in [-0.4, -0.2) is 11.6 Å². The molecular formula is C35H30O5. The standard InChI is InChI=1S/C35H30O5/c1-5-27(26(4)36)9-8-25(3)38-30-16-10-28(11-17-30)35(37)29-12-18-32(19-13-29)40-34-22-20-33(21-23-34)39-31-14-6-24(2)7-15-31/h5-23H,3H2,1-2,4H3/b9-8-,27-5+. The monoisotopic (exact) mass is 530 g/mol. The third kappa shape index (κ3) is 7.68. The van der Waals surface area contributed by atoms with E-state index in [1.165, 1.54) is 12.5 Å². The van der Waals surface area contributed by atoms with Gasteiger partial charge in [0.2, 0.25) is 0 Å². The lowest BCUT2D eigenvalue weighted by molar-refractivity contribution is -0.113. The van der Waals surface area contributed by atoms with E-state index in [-0.39, 0.29) is 11.6 Å². The van der Waals surface area contributed by atoms with Gasteiger partial charge in [-0.05, 0) is 118 Å². The number of ketones is 2. The van der Waals surface area contributed by atoms with E-state index in [2.05, 4.69) is 6.58 Å². The van der Waals surface area contributed by atoms with E-state index in [4.69, 9.17) is 14.2 Å². The number of benzene rings is 4. The summed E-state index contributed by atoms with van der Waals surface area (Å²) in [5.41, 5.74) is 2.81. The maximum Gasteiger partial charge on any atom is 0.193 e. The predicted molar refractivity (Wildman–Crippen MR) is 157 cm³/mol. The zero-order chi connectivity index (χ0) is 28.5. The summed E-state index contributed by atoms with van der Waals surface area (Å²) in [5, 5.41) is 0. The minimum Gasteiger partial charge on any atom is -0.458 e. The second kappa shape index (κ2) is 13.1. The number of Topliss-reactive ketones (excluding diaryl/α,β-unsaturated/α-hetero) is 1. The second-order valence-corrected chi connectivity index (χ2v) is 9.07. The Labute approximate surface area is 234 Å². The molecule has 0 aromatic heterocycles. The fourth-order valence-electron chi connectivity index (χ4n) is 3.75. The van der Waals surface area contributed by atoms with Gasteiger partial charge in [-0.2, -0.15) is 0 Å². The highest BCUT2D eigenvalue weighted by Crippen LogP contribution is 2.27. The van der Waals surface area contributed by atoms with Crippen LogP contribution in [0.5, 0.6) is 28.7 Å². The molecule has 5 heteroatoms. The fourth-order valence-corrected chi connectivity index (χ4v) is 3.75. The molecule has 0 unspecified atom stereocenters. The van der Waals surface area contributed by atoms with E-state index in [0.29, 0.717) is 45.5 Å². The first-order valence-corrected chi connectivity index (χ1v) is 12.8. The van der Waals surface area contributed by atoms with Crippen LogP contribution in [0, 0.1) is 6.92 Å². The highest BCUT2D eigenvalue weighted by Gasteiger charge is 2.10. The number of hydrogen-bond donors (Lipinski definition) is 0. The van der Waals surface area contributed by atoms with Gasteiger partial charge >= 0.3 is 0 Å². The van der Waals surface area contributed by atoms with Gasteiger partial charge in [-0.25, -0.2) is 0 Å². The Bertz CT molecular complexity index is 1540. The predicted octanol–water partition coefficient (Wildman–Crippen LogP) is 8.79. The number of carbonyl (C=O) groups excluding carboxylic acids is 2. The van der Waals surface area contributed by atoms with Gasteiger partial charge in [0.1, 0.15) is 34.5 Å². The molecule has 0 atom stereocenters. The summed E-state index contributed by atoms with van der Waals surface area (Å²) in [6.45, 7) is 9.18. The molecule has 4 aromatic rings. The van der Waals surface area contributed by atoms with E-state index >= 15 is 0 Å². The van der Waals surface area contributed by atoms with Crippen molar-refractivity contribution in [2.75, 3.05) is 0 Å². The summed E-state index contributed by atoms with van der Waals surface area (Å²) in [5.74, 6) is 3.52. The Hall–Kier alpha value is -5.16. The van der Waals surface area contributed by atoms with Crippen LogP contribution in [0.3, 0.4) is 0 Å². The Morgan fingerprint density at radius 3 is 1.45 bits per heavy atom. The molecule has 0 spiro atoms. The summed E-state index contributed by atoms with van der Waals surface area (Å²) in [7, 11) is 0. The first-order valence-electron chi connectivity index (χ1n) is 12.8. The lowest BCUT2D eigenvalue weighted by Crippen LogP contribution is -2.01. The first-order chi connectivity index (χ1) is 19.3. The summed E-state index contributed by atoms with van der Waals surface area (Å²) in [6.07, 6.45) is 5.02. The van der Waals surface area contributed by atoms with Crippen molar-refractivity contribution in [3.63, 3.8) is 0 Å². The highest BCUT2D eigenvalue weighted by atomic mass is 16.5. The normalized spacial score (nSPS) is 11.2. The number of hydrogen-bond acceptors (Lipinski definition) is 5. The quantitative estimate of drug-likeness (QED) is 0.0839. The van der Waals surface area contributed by atoms with Gasteiger partial charge in [0, 0.05) is 16.7 Å². The summed E-state index contributed by atoms with van der Waals surface area (Å²) >= 11 is 0. The van der Waals surface area contributed by atoms with Gasteiger partial charge in [-0.3, -0.25) is 9.59 Å². The van der Waals surface area contributed by atoms with Crippen molar-refractivity contribution in [3.8, 4) is 28.7 Å². The lowest BCUT2D eigenvalue weighted by Gasteiger charge is -2.09. The van der Waals surface area contributed by atoms with Crippen LogP contribution < -0.4 is 14.2 Å². The molecule has 0 fully saturated rings. The smallest absolute Gasteiger partial charge is 0.193 e. The molecule has 4 aromatic carbocycles. The molecule has 4 rings (SSSR count). The van der Waals surface area contributed by atoms with Gasteiger partial charge in [-0.15, -0.1) is 0 Å². The molecule has 0 bridgehead atoms. The number of rotatable bonds is 11. The van der Waals surface area contributed by atoms with Gasteiger partial charge in [0.05, 0.1) is 0 Å². The van der Waals surface area contributed by atoms with Gasteiger partial charge in [0.25, 0.3) is 0 Å². The summed E-state index contributed by atoms with van der Waals surface area (Å²) in [4.78, 5) is 24.5. The van der Waals surface area contributed by atoms with Crippen molar-refractivity contribution in [1.82, 2.24) is 0 Å². The summed E-state index contributed by atoms with van der Waals surface area (Å²) < 4.78 is 17.5. The van der Waals surface area contributed by atoms with Crippen LogP contribution in [0.2, 0.25) is 0 Å². The zero-order valence-electron chi connectivity index (χ0n) is 22.7. The molecule has 0 saturated carbocycles. The molecule has 0 aliphatic heterocycles. The summed E-state index contributed by atoms with van der Waals surface area (Å²) in [6, 6.07) is 29.0. The van der Waals surface area contributed by atoms with Crippen molar-refractivity contribution in [3.05, 3.63) is 150 Å². The van der Waals surface area contributed by atoms with E-state index in [0.717, 1.165) is 5.75 Å². The van der Waals surface area contributed by atoms with Crippen LogP contribution in [0.15, 0.2) is 133 Å². The van der Waals surface area contributed by atoms with Crippen LogP contribution in [0.1, 0.15) is 35.3 Å². The Morgan fingerprint density at radius 1 is 0.625 bits per heavy atom. The van der Waals surface area contributed by atoms with Crippen molar-refractivity contribution >= 4 is 11.6 Å². The minimum atomic E-state index is -0.117. The molecule has 0 radical (unpaired) electrons. The largest absolute Gasteiger partial charge is 0.458 e. The second-order valence-electron chi connectivity index (χ2n) is 9.07. The molecule has 0 amide bonds. The fraction of sp³-hybridized carbons (Fsp3) is 0.0857. The van der Waals surface area contributed by atoms with Crippen molar-refractivity contribution < 1.29 is 23.8 Å². The van der Waals surface area contributed by atoms with Crippen LogP contribution in [0.25, 0.3) is 0 Å². The van der Waals surface area contributed by atoms with Crippen molar-refractivity contribution in [1.29, 1.82) is 0 Å². The van der Waals surface area contributed by atoms with E-state index in [1.54, 1.807) is 73.7 Å². The molecular weight excluding hydrogens is 500 g/mol. The molecule has 200 valence electrons. The Morgan fingerprint density at radius 2 is 1.02 bits per heavy atom. The SMILES string of the molecule is C=C(/C=C\C(=C/C)C(C)=O)Oc1ccc(C(=O)c2ccc(Oc3ccc(Oc4ccc(C)cc4)cc3)cc2)cc1. The number of allylic oxidation sites excluding steroid dienone is 4. The number of ether oxygens (including phenoxy) is 3. The number of carbonyl (C=O) groups is 2. The third-order valence-electron chi connectivity index (χ3n) is 5.96. The molecule has 0 saturated heterocycles. The molecule has 0 heterocycles.